The summed E-state index contributed by atoms with van der Waals surface area (Å²) >= 11 is 0. The second kappa shape index (κ2) is 8.21. The molecule has 0 saturated carbocycles. The Hall–Kier alpha value is -3.56. The fraction of sp³-hybridized carbons (Fsp3) is 0.368. The van der Waals surface area contributed by atoms with Crippen LogP contribution >= 0.6 is 0 Å². The highest BCUT2D eigenvalue weighted by molar-refractivity contribution is 5.92. The molecule has 3 heterocycles. The van der Waals surface area contributed by atoms with Gasteiger partial charge in [-0.15, -0.1) is 10.2 Å². The Morgan fingerprint density at radius 3 is 2.76 bits per heavy atom. The van der Waals surface area contributed by atoms with Gasteiger partial charge in [-0.2, -0.15) is 5.10 Å². The third kappa shape index (κ3) is 4.15. The van der Waals surface area contributed by atoms with Crippen molar-refractivity contribution in [3.8, 4) is 5.69 Å². The molecule has 10 heteroatoms. The number of carbonyl (C=O) groups excluding carboxylic acids is 1. The zero-order valence-electron chi connectivity index (χ0n) is 15.8. The highest BCUT2D eigenvalue weighted by atomic mass is 16.6. The quantitative estimate of drug-likeness (QED) is 0.504. The lowest BCUT2D eigenvalue weighted by Gasteiger charge is -2.07. The first kappa shape index (κ1) is 18.8. The molecule has 0 aliphatic carbocycles. The Balaban J connectivity index is 1.35. The number of aryl methyl sites for hydroxylation is 1. The first-order valence-corrected chi connectivity index (χ1v) is 9.61. The van der Waals surface area contributed by atoms with Crippen LogP contribution in [0.5, 0.6) is 0 Å². The topological polar surface area (TPSA) is 121 Å². The first-order chi connectivity index (χ1) is 14.1. The van der Waals surface area contributed by atoms with E-state index in [0.717, 1.165) is 37.5 Å². The summed E-state index contributed by atoms with van der Waals surface area (Å²) in [5.74, 6) is 1.66. The molecule has 150 valence electrons. The van der Waals surface area contributed by atoms with Crippen molar-refractivity contribution in [2.45, 2.75) is 38.6 Å². The van der Waals surface area contributed by atoms with Gasteiger partial charge in [0, 0.05) is 44.3 Å². The summed E-state index contributed by atoms with van der Waals surface area (Å²) in [4.78, 5) is 22.7. The molecule has 0 bridgehead atoms. The normalized spacial score (nSPS) is 13.5. The number of fused-ring (bicyclic) bond motifs is 1. The summed E-state index contributed by atoms with van der Waals surface area (Å²) in [5, 5.41) is 26.4. The fourth-order valence-corrected chi connectivity index (χ4v) is 3.42. The number of amides is 1. The van der Waals surface area contributed by atoms with Crippen molar-refractivity contribution >= 4 is 11.6 Å². The minimum atomic E-state index is -0.458. The van der Waals surface area contributed by atoms with E-state index in [1.807, 2.05) is 0 Å². The van der Waals surface area contributed by atoms with Crippen LogP contribution in [0.25, 0.3) is 5.69 Å². The average Bonchev–Trinajstić information content (AvgIpc) is 3.30. The van der Waals surface area contributed by atoms with Crippen LogP contribution in [0.4, 0.5) is 5.69 Å². The second-order valence-corrected chi connectivity index (χ2v) is 6.92. The molecule has 1 aliphatic rings. The number of nitrogens with zero attached hydrogens (tertiary/aromatic N) is 6. The molecule has 0 fully saturated rings. The molecule has 1 N–H and O–H groups in total. The molecule has 1 aromatic carbocycles. The molecular weight excluding hydrogens is 374 g/mol. The molecule has 29 heavy (non-hydrogen) atoms. The summed E-state index contributed by atoms with van der Waals surface area (Å²) in [6, 6.07) is 7.59. The maximum absolute atomic E-state index is 12.4. The van der Waals surface area contributed by atoms with Crippen LogP contribution in [0.2, 0.25) is 0 Å². The Morgan fingerprint density at radius 1 is 1.14 bits per heavy atom. The maximum atomic E-state index is 12.4. The Morgan fingerprint density at radius 2 is 1.97 bits per heavy atom. The Bertz CT molecular complexity index is 1020. The van der Waals surface area contributed by atoms with Gasteiger partial charge in [0.1, 0.15) is 11.6 Å². The van der Waals surface area contributed by atoms with E-state index in [0.29, 0.717) is 18.7 Å². The van der Waals surface area contributed by atoms with Crippen LogP contribution in [0.1, 0.15) is 41.4 Å². The van der Waals surface area contributed by atoms with Crippen molar-refractivity contribution in [2.75, 3.05) is 6.54 Å². The van der Waals surface area contributed by atoms with E-state index < -0.39 is 4.92 Å². The Labute approximate surface area is 166 Å². The zero-order valence-corrected chi connectivity index (χ0v) is 15.8. The molecule has 0 atom stereocenters. The van der Waals surface area contributed by atoms with Gasteiger partial charge in [-0.3, -0.25) is 14.9 Å². The number of nitro benzene ring substituents is 1. The van der Waals surface area contributed by atoms with E-state index in [4.69, 9.17) is 0 Å². The van der Waals surface area contributed by atoms with Crippen LogP contribution in [0.15, 0.2) is 36.5 Å². The lowest BCUT2D eigenvalue weighted by atomic mass is 10.2. The van der Waals surface area contributed by atoms with Crippen molar-refractivity contribution in [1.82, 2.24) is 29.9 Å². The van der Waals surface area contributed by atoms with Gasteiger partial charge in [0.15, 0.2) is 5.69 Å². The molecule has 4 rings (SSSR count). The zero-order chi connectivity index (χ0) is 20.2. The van der Waals surface area contributed by atoms with Gasteiger partial charge in [0.05, 0.1) is 10.6 Å². The van der Waals surface area contributed by atoms with Crippen LogP contribution in [0.3, 0.4) is 0 Å². The summed E-state index contributed by atoms with van der Waals surface area (Å²) in [7, 11) is 0. The number of carbonyl (C=O) groups is 1. The van der Waals surface area contributed by atoms with Crippen LogP contribution < -0.4 is 5.32 Å². The smallest absolute Gasteiger partial charge is 0.271 e. The molecule has 2 aromatic heterocycles. The molecule has 1 aliphatic heterocycles. The number of nitro groups is 1. The number of hydrogen-bond acceptors (Lipinski definition) is 6. The van der Waals surface area contributed by atoms with Crippen molar-refractivity contribution in [3.63, 3.8) is 0 Å². The largest absolute Gasteiger partial charge is 0.350 e. The highest BCUT2D eigenvalue weighted by Gasteiger charge is 2.15. The van der Waals surface area contributed by atoms with Gasteiger partial charge in [-0.1, -0.05) is 6.42 Å². The predicted octanol–water partition coefficient (Wildman–Crippen LogP) is 2.07. The van der Waals surface area contributed by atoms with Gasteiger partial charge < -0.3 is 9.88 Å². The SMILES string of the molecule is O=C(NCCc1nnc2n1CCCCC2)c1ccn(-c2ccc([N+](=O)[O-])cc2)n1. The van der Waals surface area contributed by atoms with Gasteiger partial charge >= 0.3 is 0 Å². The molecule has 0 spiro atoms. The van der Waals surface area contributed by atoms with E-state index in [9.17, 15) is 14.9 Å². The standard InChI is InChI=1S/C19H21N7O3/c27-19(20-11-9-18-22-21-17-4-2-1-3-12-24(17)18)16-10-13-25(23-16)14-5-7-15(8-6-14)26(28)29/h5-8,10,13H,1-4,9,11-12H2,(H,20,27). The third-order valence-electron chi connectivity index (χ3n) is 4.97. The molecule has 0 saturated heterocycles. The van der Waals surface area contributed by atoms with Crippen LogP contribution in [-0.2, 0) is 19.4 Å². The minimum absolute atomic E-state index is 0.00486. The number of benzene rings is 1. The molecule has 10 nitrogen and oxygen atoms in total. The second-order valence-electron chi connectivity index (χ2n) is 6.92. The van der Waals surface area contributed by atoms with E-state index >= 15 is 0 Å². The summed E-state index contributed by atoms with van der Waals surface area (Å²) in [5.41, 5.74) is 0.925. The van der Waals surface area contributed by atoms with Crippen molar-refractivity contribution in [1.29, 1.82) is 0 Å². The molecule has 3 aromatic rings. The van der Waals surface area contributed by atoms with Crippen LogP contribution in [-0.4, -0.2) is 41.9 Å². The van der Waals surface area contributed by atoms with Crippen molar-refractivity contribution < 1.29 is 9.72 Å². The highest BCUT2D eigenvalue weighted by Crippen LogP contribution is 2.16. The first-order valence-electron chi connectivity index (χ1n) is 9.61. The van der Waals surface area contributed by atoms with E-state index in [-0.39, 0.29) is 17.3 Å². The minimum Gasteiger partial charge on any atom is -0.350 e. The monoisotopic (exact) mass is 395 g/mol. The van der Waals surface area contributed by atoms with Gasteiger partial charge in [-0.05, 0) is 31.0 Å². The average molecular weight is 395 g/mol. The van der Waals surface area contributed by atoms with Crippen molar-refractivity contribution in [2.24, 2.45) is 0 Å². The number of hydrogen-bond donors (Lipinski definition) is 1. The molecule has 0 unspecified atom stereocenters. The summed E-state index contributed by atoms with van der Waals surface area (Å²) < 4.78 is 3.68. The van der Waals surface area contributed by atoms with Gasteiger partial charge in [0.25, 0.3) is 11.6 Å². The Kier molecular flexibility index (Phi) is 5.32. The number of non-ortho nitro benzene ring substituents is 1. The number of rotatable bonds is 6. The lowest BCUT2D eigenvalue weighted by molar-refractivity contribution is -0.384. The summed E-state index contributed by atoms with van der Waals surface area (Å²) in [6.45, 7) is 1.38. The number of nitrogens with one attached hydrogen (secondary N) is 1. The third-order valence-corrected chi connectivity index (χ3v) is 4.97. The molecule has 1 amide bonds. The number of aromatic nitrogens is 5. The van der Waals surface area contributed by atoms with Gasteiger partial charge in [0.2, 0.25) is 0 Å². The van der Waals surface area contributed by atoms with Gasteiger partial charge in [-0.25, -0.2) is 4.68 Å². The lowest BCUT2D eigenvalue weighted by Crippen LogP contribution is -2.27. The van der Waals surface area contributed by atoms with Crippen molar-refractivity contribution in [3.05, 3.63) is 64.0 Å². The van der Waals surface area contributed by atoms with Crippen LogP contribution in [0, 0.1) is 10.1 Å². The fourth-order valence-electron chi connectivity index (χ4n) is 3.42. The van der Waals surface area contributed by atoms with E-state index in [1.165, 1.54) is 23.2 Å². The van der Waals surface area contributed by atoms with E-state index in [2.05, 4.69) is 25.2 Å². The maximum Gasteiger partial charge on any atom is 0.271 e. The molecule has 0 radical (unpaired) electrons. The summed E-state index contributed by atoms with van der Waals surface area (Å²) in [6.07, 6.45) is 6.70. The molecular formula is C19H21N7O3. The van der Waals surface area contributed by atoms with E-state index in [1.54, 1.807) is 24.4 Å². The predicted molar refractivity (Wildman–Crippen MR) is 104 cm³/mol.